The van der Waals surface area contributed by atoms with E-state index in [9.17, 15) is 13.2 Å². The van der Waals surface area contributed by atoms with Crippen LogP contribution in [0.3, 0.4) is 0 Å². The molecule has 35 heavy (non-hydrogen) atoms. The number of nitrogens with zero attached hydrogens (tertiary/aromatic N) is 2. The number of rotatable bonds is 7. The summed E-state index contributed by atoms with van der Waals surface area (Å²) < 4.78 is 28.4. The van der Waals surface area contributed by atoms with Crippen LogP contribution < -0.4 is 4.72 Å². The summed E-state index contributed by atoms with van der Waals surface area (Å²) in [6, 6.07) is 24.6. The second-order valence-corrected chi connectivity index (χ2v) is 10.9. The van der Waals surface area contributed by atoms with Gasteiger partial charge < -0.3 is 4.90 Å². The largest absolute Gasteiger partial charge is 0.339 e. The smallest absolute Gasteiger partial charge is 0.241 e. The zero-order chi connectivity index (χ0) is 25.0. The van der Waals surface area contributed by atoms with E-state index >= 15 is 0 Å². The summed E-state index contributed by atoms with van der Waals surface area (Å²) in [5.41, 5.74) is 4.82. The van der Waals surface area contributed by atoms with Crippen LogP contribution >= 0.6 is 0 Å². The van der Waals surface area contributed by atoms with Gasteiger partial charge in [0.15, 0.2) is 0 Å². The third-order valence-corrected chi connectivity index (χ3v) is 8.26. The number of hydrogen-bond acceptors (Lipinski definition) is 4. The molecule has 4 rings (SSSR count). The maximum absolute atomic E-state index is 12.9. The highest BCUT2D eigenvalue weighted by Gasteiger charge is 2.29. The van der Waals surface area contributed by atoms with E-state index < -0.39 is 10.0 Å². The van der Waals surface area contributed by atoms with Crippen molar-refractivity contribution in [3.05, 3.63) is 101 Å². The lowest BCUT2D eigenvalue weighted by Gasteiger charge is -2.39. The summed E-state index contributed by atoms with van der Waals surface area (Å²) in [5, 5.41) is 0. The molecule has 1 saturated heterocycles. The van der Waals surface area contributed by atoms with Gasteiger partial charge >= 0.3 is 0 Å². The molecule has 1 heterocycles. The molecule has 1 N–H and O–H groups in total. The zero-order valence-corrected chi connectivity index (χ0v) is 21.4. The first kappa shape index (κ1) is 25.1. The molecule has 1 aliphatic heterocycles. The molecule has 184 valence electrons. The summed E-state index contributed by atoms with van der Waals surface area (Å²) in [4.78, 5) is 17.3. The van der Waals surface area contributed by atoms with Crippen LogP contribution in [0.15, 0.2) is 77.7 Å². The van der Waals surface area contributed by atoms with Crippen molar-refractivity contribution >= 4 is 15.9 Å². The van der Waals surface area contributed by atoms with Gasteiger partial charge in [0, 0.05) is 26.2 Å². The van der Waals surface area contributed by atoms with Crippen molar-refractivity contribution in [1.82, 2.24) is 14.5 Å². The van der Waals surface area contributed by atoms with Crippen LogP contribution in [-0.4, -0.2) is 56.8 Å². The highest BCUT2D eigenvalue weighted by Crippen LogP contribution is 2.29. The Morgan fingerprint density at radius 3 is 1.80 bits per heavy atom. The normalized spacial score (nSPS) is 14.9. The van der Waals surface area contributed by atoms with Crippen LogP contribution in [-0.2, 0) is 14.8 Å². The Morgan fingerprint density at radius 2 is 1.31 bits per heavy atom. The van der Waals surface area contributed by atoms with Gasteiger partial charge in [0.25, 0.3) is 0 Å². The Labute approximate surface area is 208 Å². The molecule has 0 unspecified atom stereocenters. The molecule has 1 amide bonds. The van der Waals surface area contributed by atoms with Gasteiger partial charge in [0.05, 0.1) is 17.5 Å². The molecule has 0 aromatic heterocycles. The molecule has 6 nitrogen and oxygen atoms in total. The van der Waals surface area contributed by atoms with Crippen molar-refractivity contribution in [1.29, 1.82) is 0 Å². The number of aryl methyl sites for hydroxylation is 3. The van der Waals surface area contributed by atoms with Gasteiger partial charge in [-0.15, -0.1) is 0 Å². The van der Waals surface area contributed by atoms with Gasteiger partial charge in [-0.25, -0.2) is 13.1 Å². The highest BCUT2D eigenvalue weighted by molar-refractivity contribution is 7.89. The van der Waals surface area contributed by atoms with E-state index in [-0.39, 0.29) is 23.4 Å². The van der Waals surface area contributed by atoms with E-state index in [2.05, 4.69) is 58.2 Å². The van der Waals surface area contributed by atoms with Crippen molar-refractivity contribution in [3.63, 3.8) is 0 Å². The Hall–Kier alpha value is -3.00. The van der Waals surface area contributed by atoms with Gasteiger partial charge in [-0.3, -0.25) is 9.69 Å². The number of piperazine rings is 1. The maximum atomic E-state index is 12.9. The van der Waals surface area contributed by atoms with Crippen LogP contribution in [0.2, 0.25) is 0 Å². The van der Waals surface area contributed by atoms with Gasteiger partial charge in [0.2, 0.25) is 15.9 Å². The molecule has 0 atom stereocenters. The third kappa shape index (κ3) is 5.81. The van der Waals surface area contributed by atoms with Crippen LogP contribution in [0.1, 0.15) is 33.9 Å². The first-order valence-electron chi connectivity index (χ1n) is 12.0. The van der Waals surface area contributed by atoms with Crippen LogP contribution in [0.5, 0.6) is 0 Å². The van der Waals surface area contributed by atoms with Crippen molar-refractivity contribution in [3.8, 4) is 0 Å². The predicted octanol–water partition coefficient (Wildman–Crippen LogP) is 3.82. The molecule has 0 spiro atoms. The minimum atomic E-state index is -3.78. The quantitative estimate of drug-likeness (QED) is 0.546. The predicted molar refractivity (Wildman–Crippen MR) is 139 cm³/mol. The molecule has 0 radical (unpaired) electrons. The van der Waals surface area contributed by atoms with Crippen molar-refractivity contribution in [2.24, 2.45) is 0 Å². The fourth-order valence-corrected chi connectivity index (χ4v) is 6.47. The molecule has 0 aliphatic carbocycles. The molecule has 3 aromatic rings. The average molecular weight is 492 g/mol. The summed E-state index contributed by atoms with van der Waals surface area (Å²) in [6.45, 7) is 7.80. The molecule has 0 saturated carbocycles. The summed E-state index contributed by atoms with van der Waals surface area (Å²) >= 11 is 0. The number of amides is 1. The Bertz CT molecular complexity index is 1210. The third-order valence-electron chi connectivity index (χ3n) is 6.55. The van der Waals surface area contributed by atoms with E-state index in [0.29, 0.717) is 37.3 Å². The van der Waals surface area contributed by atoms with E-state index in [0.717, 1.165) is 5.56 Å². The van der Waals surface area contributed by atoms with Crippen molar-refractivity contribution in [2.45, 2.75) is 31.7 Å². The minimum Gasteiger partial charge on any atom is -0.339 e. The lowest BCUT2D eigenvalue weighted by Crippen LogP contribution is -2.52. The lowest BCUT2D eigenvalue weighted by atomic mass is 9.96. The molecular weight excluding hydrogens is 458 g/mol. The zero-order valence-electron chi connectivity index (χ0n) is 20.6. The van der Waals surface area contributed by atoms with E-state index in [1.54, 1.807) is 18.7 Å². The first-order chi connectivity index (χ1) is 16.8. The number of sulfonamides is 1. The standard InChI is InChI=1S/C28H33N3O3S/c1-21-18-22(2)28(23(3)19-21)35(33,34)29-20-26(32)30-14-16-31(17-15-30)27(24-10-6-4-7-11-24)25-12-8-5-9-13-25/h4-13,18-19,27,29H,14-17,20H2,1-3H3. The fourth-order valence-electron chi connectivity index (χ4n) is 5.05. The second-order valence-electron chi connectivity index (χ2n) is 9.19. The summed E-state index contributed by atoms with van der Waals surface area (Å²) in [5.74, 6) is -0.202. The van der Waals surface area contributed by atoms with Crippen LogP contribution in [0, 0.1) is 20.8 Å². The van der Waals surface area contributed by atoms with Gasteiger partial charge in [0.1, 0.15) is 0 Å². The number of carbonyl (C=O) groups excluding carboxylic acids is 1. The van der Waals surface area contributed by atoms with E-state index in [1.165, 1.54) is 11.1 Å². The van der Waals surface area contributed by atoms with Gasteiger partial charge in [-0.2, -0.15) is 0 Å². The molecule has 0 bridgehead atoms. The number of benzene rings is 3. The van der Waals surface area contributed by atoms with Crippen molar-refractivity contribution in [2.75, 3.05) is 32.7 Å². The summed E-state index contributed by atoms with van der Waals surface area (Å²) in [6.07, 6.45) is 0. The average Bonchev–Trinajstić information content (AvgIpc) is 2.84. The van der Waals surface area contributed by atoms with Gasteiger partial charge in [-0.1, -0.05) is 78.4 Å². The van der Waals surface area contributed by atoms with Crippen molar-refractivity contribution < 1.29 is 13.2 Å². The van der Waals surface area contributed by atoms with Crippen LogP contribution in [0.4, 0.5) is 0 Å². The van der Waals surface area contributed by atoms with E-state index in [1.807, 2.05) is 31.2 Å². The lowest BCUT2D eigenvalue weighted by molar-refractivity contribution is -0.131. The molecular formula is C28H33N3O3S. The number of carbonyl (C=O) groups is 1. The molecule has 1 fully saturated rings. The first-order valence-corrected chi connectivity index (χ1v) is 13.4. The van der Waals surface area contributed by atoms with Crippen LogP contribution in [0.25, 0.3) is 0 Å². The molecule has 3 aromatic carbocycles. The SMILES string of the molecule is Cc1cc(C)c(S(=O)(=O)NCC(=O)N2CCN(C(c3ccccc3)c3ccccc3)CC2)c(C)c1. The number of nitrogens with one attached hydrogen (secondary N) is 1. The molecule has 1 aliphatic rings. The highest BCUT2D eigenvalue weighted by atomic mass is 32.2. The van der Waals surface area contributed by atoms with E-state index in [4.69, 9.17) is 0 Å². The number of hydrogen-bond donors (Lipinski definition) is 1. The molecule has 7 heteroatoms. The van der Waals surface area contributed by atoms with Gasteiger partial charge in [-0.05, 0) is 43.0 Å². The maximum Gasteiger partial charge on any atom is 0.241 e. The summed E-state index contributed by atoms with van der Waals surface area (Å²) in [7, 11) is -3.78. The Morgan fingerprint density at radius 1 is 0.829 bits per heavy atom. The minimum absolute atomic E-state index is 0.112. The monoisotopic (exact) mass is 491 g/mol. The topological polar surface area (TPSA) is 69.7 Å². The Balaban J connectivity index is 1.41. The Kier molecular flexibility index (Phi) is 7.69. The second kappa shape index (κ2) is 10.7. The fraction of sp³-hybridized carbons (Fsp3) is 0.321.